The average Bonchev–Trinajstić information content (AvgIpc) is 2.39. The Bertz CT molecular complexity index is 548. The van der Waals surface area contributed by atoms with E-state index in [1.165, 1.54) is 23.8 Å². The zero-order chi connectivity index (χ0) is 13.8. The van der Waals surface area contributed by atoms with Crippen molar-refractivity contribution in [3.63, 3.8) is 0 Å². The standard InChI is InChI=1S/C17H24N2/c1-4-7-12(2)10-15(18)17-11-13(3)14-8-5-6-9-16(14)19-17/h5-6,8-9,11-12,15H,4,7,10,18H2,1-3H3. The minimum atomic E-state index is 0.0462. The van der Waals surface area contributed by atoms with E-state index in [1.807, 2.05) is 6.07 Å². The van der Waals surface area contributed by atoms with Crippen LogP contribution in [0.1, 0.15) is 50.4 Å². The van der Waals surface area contributed by atoms with Gasteiger partial charge in [0.2, 0.25) is 0 Å². The van der Waals surface area contributed by atoms with E-state index >= 15 is 0 Å². The van der Waals surface area contributed by atoms with Crippen LogP contribution >= 0.6 is 0 Å². The summed E-state index contributed by atoms with van der Waals surface area (Å²) in [6.07, 6.45) is 3.47. The Morgan fingerprint density at radius 1 is 1.26 bits per heavy atom. The molecule has 2 rings (SSSR count). The van der Waals surface area contributed by atoms with Gasteiger partial charge < -0.3 is 5.73 Å². The van der Waals surface area contributed by atoms with E-state index < -0.39 is 0 Å². The normalized spacial score (nSPS) is 14.5. The third kappa shape index (κ3) is 3.32. The van der Waals surface area contributed by atoms with Crippen LogP contribution in [0.25, 0.3) is 10.9 Å². The van der Waals surface area contributed by atoms with E-state index in [0.29, 0.717) is 5.92 Å². The highest BCUT2D eigenvalue weighted by atomic mass is 14.8. The second kappa shape index (κ2) is 6.16. The van der Waals surface area contributed by atoms with Crippen molar-refractivity contribution >= 4 is 10.9 Å². The lowest BCUT2D eigenvalue weighted by molar-refractivity contribution is 0.436. The maximum absolute atomic E-state index is 6.32. The van der Waals surface area contributed by atoms with Gasteiger partial charge in [-0.1, -0.05) is 44.9 Å². The van der Waals surface area contributed by atoms with Crippen molar-refractivity contribution < 1.29 is 0 Å². The number of para-hydroxylation sites is 1. The van der Waals surface area contributed by atoms with Crippen LogP contribution in [0, 0.1) is 12.8 Å². The van der Waals surface area contributed by atoms with Gasteiger partial charge in [-0.05, 0) is 37.0 Å². The predicted octanol–water partition coefficient (Wildman–Crippen LogP) is 4.37. The summed E-state index contributed by atoms with van der Waals surface area (Å²) in [5.41, 5.74) is 9.67. The Labute approximate surface area is 116 Å². The highest BCUT2D eigenvalue weighted by Gasteiger charge is 2.13. The Balaban J connectivity index is 2.25. The molecule has 1 aromatic carbocycles. The number of hydrogen-bond acceptors (Lipinski definition) is 2. The maximum atomic E-state index is 6.32. The summed E-state index contributed by atoms with van der Waals surface area (Å²) in [5, 5.41) is 1.22. The van der Waals surface area contributed by atoms with Crippen molar-refractivity contribution in [3.05, 3.63) is 41.6 Å². The van der Waals surface area contributed by atoms with E-state index in [9.17, 15) is 0 Å². The van der Waals surface area contributed by atoms with Gasteiger partial charge in [0.1, 0.15) is 0 Å². The van der Waals surface area contributed by atoms with Crippen molar-refractivity contribution in [1.29, 1.82) is 0 Å². The van der Waals surface area contributed by atoms with Crippen molar-refractivity contribution in [2.45, 2.75) is 46.1 Å². The molecule has 1 heterocycles. The molecule has 19 heavy (non-hydrogen) atoms. The fourth-order valence-corrected chi connectivity index (χ4v) is 2.73. The Morgan fingerprint density at radius 2 is 2.00 bits per heavy atom. The van der Waals surface area contributed by atoms with Crippen molar-refractivity contribution in [2.24, 2.45) is 11.7 Å². The second-order valence-electron chi connectivity index (χ2n) is 5.62. The van der Waals surface area contributed by atoms with Gasteiger partial charge >= 0.3 is 0 Å². The van der Waals surface area contributed by atoms with Gasteiger partial charge in [-0.15, -0.1) is 0 Å². The van der Waals surface area contributed by atoms with E-state index in [1.54, 1.807) is 0 Å². The molecule has 2 nitrogen and oxygen atoms in total. The summed E-state index contributed by atoms with van der Waals surface area (Å²) in [6, 6.07) is 10.5. The van der Waals surface area contributed by atoms with E-state index in [2.05, 4.69) is 45.0 Å². The number of hydrogen-bond donors (Lipinski definition) is 1. The lowest BCUT2D eigenvalue weighted by Gasteiger charge is -2.17. The molecule has 0 saturated carbocycles. The van der Waals surface area contributed by atoms with Crippen LogP contribution in [-0.4, -0.2) is 4.98 Å². The first-order valence-corrected chi connectivity index (χ1v) is 7.23. The largest absolute Gasteiger partial charge is 0.323 e. The van der Waals surface area contributed by atoms with Crippen LogP contribution in [0.15, 0.2) is 30.3 Å². The first-order chi connectivity index (χ1) is 9.11. The lowest BCUT2D eigenvalue weighted by atomic mass is 9.95. The number of nitrogens with zero attached hydrogens (tertiary/aromatic N) is 1. The van der Waals surface area contributed by atoms with Crippen molar-refractivity contribution in [2.75, 3.05) is 0 Å². The molecule has 2 aromatic rings. The fourth-order valence-electron chi connectivity index (χ4n) is 2.73. The summed E-state index contributed by atoms with van der Waals surface area (Å²) in [6.45, 7) is 6.63. The Kier molecular flexibility index (Phi) is 4.54. The summed E-state index contributed by atoms with van der Waals surface area (Å²) in [5.74, 6) is 0.661. The SMILES string of the molecule is CCCC(C)CC(N)c1cc(C)c2ccccc2n1. The number of fused-ring (bicyclic) bond motifs is 1. The zero-order valence-corrected chi connectivity index (χ0v) is 12.2. The van der Waals surface area contributed by atoms with Crippen LogP contribution in [0.2, 0.25) is 0 Å². The number of nitrogens with two attached hydrogens (primary N) is 1. The molecule has 2 unspecified atom stereocenters. The maximum Gasteiger partial charge on any atom is 0.0708 e. The zero-order valence-electron chi connectivity index (χ0n) is 12.2. The lowest BCUT2D eigenvalue weighted by Crippen LogP contribution is -2.16. The molecule has 0 aliphatic rings. The van der Waals surface area contributed by atoms with E-state index in [-0.39, 0.29) is 6.04 Å². The first kappa shape index (κ1) is 14.0. The number of aryl methyl sites for hydroxylation is 1. The molecule has 0 amide bonds. The van der Waals surface area contributed by atoms with Gasteiger partial charge in [-0.3, -0.25) is 4.98 Å². The molecule has 0 saturated heterocycles. The minimum Gasteiger partial charge on any atom is -0.323 e. The van der Waals surface area contributed by atoms with E-state index in [0.717, 1.165) is 17.6 Å². The molecule has 2 N–H and O–H groups in total. The molecular formula is C17H24N2. The molecule has 2 atom stereocenters. The number of pyridine rings is 1. The van der Waals surface area contributed by atoms with Crippen LogP contribution in [0.5, 0.6) is 0 Å². The molecule has 0 bridgehead atoms. The van der Waals surface area contributed by atoms with Crippen LogP contribution < -0.4 is 5.73 Å². The number of aromatic nitrogens is 1. The molecule has 0 aliphatic carbocycles. The molecule has 0 aliphatic heterocycles. The number of benzene rings is 1. The van der Waals surface area contributed by atoms with Crippen LogP contribution in [0.4, 0.5) is 0 Å². The van der Waals surface area contributed by atoms with Crippen molar-refractivity contribution in [3.8, 4) is 0 Å². The Morgan fingerprint density at radius 3 is 2.74 bits per heavy atom. The molecule has 0 fully saturated rings. The first-order valence-electron chi connectivity index (χ1n) is 7.23. The summed E-state index contributed by atoms with van der Waals surface area (Å²) >= 11 is 0. The summed E-state index contributed by atoms with van der Waals surface area (Å²) < 4.78 is 0. The predicted molar refractivity (Wildman–Crippen MR) is 82.1 cm³/mol. The Hall–Kier alpha value is -1.41. The van der Waals surface area contributed by atoms with Gasteiger partial charge in [-0.25, -0.2) is 0 Å². The third-order valence-electron chi connectivity index (χ3n) is 3.76. The summed E-state index contributed by atoms with van der Waals surface area (Å²) in [4.78, 5) is 4.72. The quantitative estimate of drug-likeness (QED) is 0.862. The molecule has 1 aromatic heterocycles. The highest BCUT2D eigenvalue weighted by Crippen LogP contribution is 2.24. The van der Waals surface area contributed by atoms with Crippen LogP contribution in [0.3, 0.4) is 0 Å². The highest BCUT2D eigenvalue weighted by molar-refractivity contribution is 5.82. The monoisotopic (exact) mass is 256 g/mol. The van der Waals surface area contributed by atoms with Crippen LogP contribution in [-0.2, 0) is 0 Å². The minimum absolute atomic E-state index is 0.0462. The smallest absolute Gasteiger partial charge is 0.0708 e. The molecule has 2 heteroatoms. The summed E-state index contributed by atoms with van der Waals surface area (Å²) in [7, 11) is 0. The molecule has 0 spiro atoms. The molecular weight excluding hydrogens is 232 g/mol. The second-order valence-corrected chi connectivity index (χ2v) is 5.62. The van der Waals surface area contributed by atoms with Gasteiger partial charge in [0.05, 0.1) is 11.2 Å². The average molecular weight is 256 g/mol. The van der Waals surface area contributed by atoms with Crippen molar-refractivity contribution in [1.82, 2.24) is 4.98 Å². The molecule has 0 radical (unpaired) electrons. The van der Waals surface area contributed by atoms with Gasteiger partial charge in [0.15, 0.2) is 0 Å². The topological polar surface area (TPSA) is 38.9 Å². The number of rotatable bonds is 5. The molecule has 102 valence electrons. The third-order valence-corrected chi connectivity index (χ3v) is 3.76. The van der Waals surface area contributed by atoms with Gasteiger partial charge in [0, 0.05) is 11.4 Å². The van der Waals surface area contributed by atoms with Gasteiger partial charge in [-0.2, -0.15) is 0 Å². The van der Waals surface area contributed by atoms with E-state index in [4.69, 9.17) is 10.7 Å². The van der Waals surface area contributed by atoms with Gasteiger partial charge in [0.25, 0.3) is 0 Å². The fraction of sp³-hybridized carbons (Fsp3) is 0.471.